The van der Waals surface area contributed by atoms with Crippen molar-refractivity contribution in [1.29, 1.82) is 0 Å². The Morgan fingerprint density at radius 1 is 1.19 bits per heavy atom. The standard InChI is InChI=1S/C19H23N3O3S/c1-22(11-14-6-5-7-15(10-14)25-2)12-19(24)21-16-8-3-4-9-17(16)26-13-18(20)23/h3-10H,11-13H2,1-2H3,(H2,20,23)(H,21,24). The van der Waals surface area contributed by atoms with E-state index in [1.807, 2.05) is 60.5 Å². The number of nitrogens with zero attached hydrogens (tertiary/aromatic N) is 1. The van der Waals surface area contributed by atoms with Crippen LogP contribution in [0.4, 0.5) is 5.69 Å². The highest BCUT2D eigenvalue weighted by Gasteiger charge is 2.11. The first-order valence-corrected chi connectivity index (χ1v) is 9.08. The zero-order valence-corrected chi connectivity index (χ0v) is 15.7. The van der Waals surface area contributed by atoms with Gasteiger partial charge in [0, 0.05) is 11.4 Å². The fourth-order valence-electron chi connectivity index (χ4n) is 2.42. The molecule has 0 aliphatic heterocycles. The fraction of sp³-hybridized carbons (Fsp3) is 0.263. The van der Waals surface area contributed by atoms with Crippen LogP contribution in [0.2, 0.25) is 0 Å². The molecule has 2 amide bonds. The predicted octanol–water partition coefficient (Wildman–Crippen LogP) is 2.34. The Kier molecular flexibility index (Phi) is 7.50. The lowest BCUT2D eigenvalue weighted by atomic mass is 10.2. The number of primary amides is 1. The first-order valence-electron chi connectivity index (χ1n) is 8.09. The first kappa shape index (κ1) is 19.8. The zero-order chi connectivity index (χ0) is 18.9. The number of thioether (sulfide) groups is 1. The Bertz CT molecular complexity index is 767. The number of anilines is 1. The Hall–Kier alpha value is -2.51. The van der Waals surface area contributed by atoms with Gasteiger partial charge < -0.3 is 15.8 Å². The molecule has 0 spiro atoms. The second kappa shape index (κ2) is 9.84. The van der Waals surface area contributed by atoms with Gasteiger partial charge in [0.25, 0.3) is 0 Å². The molecular formula is C19H23N3O3S. The molecule has 0 bridgehead atoms. The van der Waals surface area contributed by atoms with E-state index < -0.39 is 5.91 Å². The summed E-state index contributed by atoms with van der Waals surface area (Å²) in [6.07, 6.45) is 0. The van der Waals surface area contributed by atoms with Crippen LogP contribution in [0, 0.1) is 0 Å². The average molecular weight is 373 g/mol. The summed E-state index contributed by atoms with van der Waals surface area (Å²) < 4.78 is 5.22. The highest BCUT2D eigenvalue weighted by atomic mass is 32.2. The minimum absolute atomic E-state index is 0.123. The third kappa shape index (κ3) is 6.42. The number of ether oxygens (including phenoxy) is 1. The van der Waals surface area contributed by atoms with Gasteiger partial charge in [0.05, 0.1) is 25.1 Å². The van der Waals surface area contributed by atoms with Crippen LogP contribution >= 0.6 is 11.8 Å². The number of rotatable bonds is 9. The number of carbonyl (C=O) groups excluding carboxylic acids is 2. The molecule has 0 saturated carbocycles. The molecule has 2 aromatic rings. The van der Waals surface area contributed by atoms with E-state index in [0.29, 0.717) is 12.2 Å². The fourth-order valence-corrected chi connectivity index (χ4v) is 3.17. The van der Waals surface area contributed by atoms with Crippen molar-refractivity contribution in [2.24, 2.45) is 5.73 Å². The van der Waals surface area contributed by atoms with Gasteiger partial charge in [0.2, 0.25) is 11.8 Å². The third-order valence-electron chi connectivity index (χ3n) is 3.53. The van der Waals surface area contributed by atoms with E-state index in [1.165, 1.54) is 11.8 Å². The lowest BCUT2D eigenvalue weighted by molar-refractivity contribution is -0.117. The summed E-state index contributed by atoms with van der Waals surface area (Å²) in [5, 5.41) is 2.90. The minimum Gasteiger partial charge on any atom is -0.497 e. The third-order valence-corrected chi connectivity index (χ3v) is 4.63. The molecule has 3 N–H and O–H groups in total. The highest BCUT2D eigenvalue weighted by molar-refractivity contribution is 8.00. The number of methoxy groups -OCH3 is 1. The quantitative estimate of drug-likeness (QED) is 0.659. The summed E-state index contributed by atoms with van der Waals surface area (Å²) in [4.78, 5) is 26.1. The van der Waals surface area contributed by atoms with E-state index in [1.54, 1.807) is 7.11 Å². The number of hydrogen-bond acceptors (Lipinski definition) is 5. The number of amides is 2. The Morgan fingerprint density at radius 2 is 1.96 bits per heavy atom. The summed E-state index contributed by atoms with van der Waals surface area (Å²) in [7, 11) is 3.51. The van der Waals surface area contributed by atoms with Gasteiger partial charge in [-0.25, -0.2) is 0 Å². The number of nitrogens with one attached hydrogen (secondary N) is 1. The summed E-state index contributed by atoms with van der Waals surface area (Å²) >= 11 is 1.31. The monoisotopic (exact) mass is 373 g/mol. The lowest BCUT2D eigenvalue weighted by Crippen LogP contribution is -2.30. The van der Waals surface area contributed by atoms with E-state index in [9.17, 15) is 9.59 Å². The van der Waals surface area contributed by atoms with E-state index in [4.69, 9.17) is 10.5 Å². The van der Waals surface area contributed by atoms with Gasteiger partial charge in [0.15, 0.2) is 0 Å². The molecule has 0 saturated heterocycles. The maximum atomic E-state index is 12.3. The van der Waals surface area contributed by atoms with Gasteiger partial charge in [-0.3, -0.25) is 14.5 Å². The molecule has 26 heavy (non-hydrogen) atoms. The number of hydrogen-bond donors (Lipinski definition) is 2. The molecule has 0 aliphatic carbocycles. The normalized spacial score (nSPS) is 10.6. The van der Waals surface area contributed by atoms with Crippen molar-refractivity contribution in [3.05, 3.63) is 54.1 Å². The van der Waals surface area contributed by atoms with Crippen LogP contribution in [-0.4, -0.2) is 43.2 Å². The van der Waals surface area contributed by atoms with Gasteiger partial charge in [-0.1, -0.05) is 24.3 Å². The summed E-state index contributed by atoms with van der Waals surface area (Å²) in [6.45, 7) is 0.870. The van der Waals surface area contributed by atoms with Crippen LogP contribution in [0.3, 0.4) is 0 Å². The second-order valence-electron chi connectivity index (χ2n) is 5.82. The summed E-state index contributed by atoms with van der Waals surface area (Å²) in [6, 6.07) is 15.1. The molecule has 0 fully saturated rings. The van der Waals surface area contributed by atoms with E-state index >= 15 is 0 Å². The van der Waals surface area contributed by atoms with Crippen LogP contribution in [0.1, 0.15) is 5.56 Å². The molecule has 2 rings (SSSR count). The van der Waals surface area contributed by atoms with Crippen molar-refractivity contribution in [2.75, 3.05) is 31.8 Å². The molecule has 6 nitrogen and oxygen atoms in total. The van der Waals surface area contributed by atoms with Crippen LogP contribution < -0.4 is 15.8 Å². The molecule has 7 heteroatoms. The minimum atomic E-state index is -0.394. The van der Waals surface area contributed by atoms with Crippen LogP contribution in [0.25, 0.3) is 0 Å². The lowest BCUT2D eigenvalue weighted by Gasteiger charge is -2.17. The van der Waals surface area contributed by atoms with Crippen LogP contribution in [0.15, 0.2) is 53.4 Å². The smallest absolute Gasteiger partial charge is 0.238 e. The largest absolute Gasteiger partial charge is 0.497 e. The molecular weight excluding hydrogens is 350 g/mol. The Morgan fingerprint density at radius 3 is 2.69 bits per heavy atom. The molecule has 0 aromatic heterocycles. The van der Waals surface area contributed by atoms with E-state index in [-0.39, 0.29) is 18.2 Å². The maximum Gasteiger partial charge on any atom is 0.238 e. The zero-order valence-electron chi connectivity index (χ0n) is 14.9. The van der Waals surface area contributed by atoms with Crippen LogP contribution in [0.5, 0.6) is 5.75 Å². The Labute approximate surface area is 157 Å². The predicted molar refractivity (Wildman–Crippen MR) is 104 cm³/mol. The van der Waals surface area contributed by atoms with E-state index in [2.05, 4.69) is 5.32 Å². The molecule has 0 unspecified atom stereocenters. The number of para-hydroxylation sites is 1. The molecule has 0 radical (unpaired) electrons. The van der Waals surface area contributed by atoms with Crippen molar-refractivity contribution in [3.8, 4) is 5.75 Å². The number of nitrogens with two attached hydrogens (primary N) is 1. The first-order chi connectivity index (χ1) is 12.5. The van der Waals surface area contributed by atoms with Gasteiger partial charge >= 0.3 is 0 Å². The van der Waals surface area contributed by atoms with Gasteiger partial charge in [0.1, 0.15) is 5.75 Å². The van der Waals surface area contributed by atoms with Crippen molar-refractivity contribution >= 4 is 29.3 Å². The molecule has 0 atom stereocenters. The van der Waals surface area contributed by atoms with Gasteiger partial charge in [-0.15, -0.1) is 11.8 Å². The van der Waals surface area contributed by atoms with Gasteiger partial charge in [-0.05, 0) is 36.9 Å². The van der Waals surface area contributed by atoms with Crippen molar-refractivity contribution in [1.82, 2.24) is 4.90 Å². The second-order valence-corrected chi connectivity index (χ2v) is 6.84. The SMILES string of the molecule is COc1cccc(CN(C)CC(=O)Nc2ccccc2SCC(N)=O)c1. The van der Waals surface area contributed by atoms with Crippen LogP contribution in [-0.2, 0) is 16.1 Å². The molecule has 0 heterocycles. The van der Waals surface area contributed by atoms with Crippen molar-refractivity contribution < 1.29 is 14.3 Å². The summed E-state index contributed by atoms with van der Waals surface area (Å²) in [5.41, 5.74) is 6.93. The van der Waals surface area contributed by atoms with E-state index in [0.717, 1.165) is 16.2 Å². The Balaban J connectivity index is 1.92. The van der Waals surface area contributed by atoms with Crippen molar-refractivity contribution in [3.63, 3.8) is 0 Å². The number of carbonyl (C=O) groups is 2. The summed E-state index contributed by atoms with van der Waals surface area (Å²) in [5.74, 6) is 0.445. The molecule has 2 aromatic carbocycles. The topological polar surface area (TPSA) is 84.7 Å². The number of benzene rings is 2. The average Bonchev–Trinajstić information content (AvgIpc) is 2.60. The molecule has 0 aliphatic rings. The number of likely N-dealkylation sites (N-methyl/N-ethyl adjacent to an activating group) is 1. The highest BCUT2D eigenvalue weighted by Crippen LogP contribution is 2.26. The molecule has 138 valence electrons. The van der Waals surface area contributed by atoms with Gasteiger partial charge in [-0.2, -0.15) is 0 Å². The maximum absolute atomic E-state index is 12.3. The van der Waals surface area contributed by atoms with Crippen molar-refractivity contribution in [2.45, 2.75) is 11.4 Å².